The Labute approximate surface area is 122 Å². The Hall–Kier alpha value is -1.11. The highest BCUT2D eigenvalue weighted by molar-refractivity contribution is 5.23. The Morgan fingerprint density at radius 3 is 2.48 bits per heavy atom. The molecule has 2 N–H and O–H groups in total. The number of benzene rings is 1. The van der Waals surface area contributed by atoms with Gasteiger partial charge in [-0.2, -0.15) is 0 Å². The van der Waals surface area contributed by atoms with E-state index in [9.17, 15) is 13.2 Å². The van der Waals surface area contributed by atoms with Crippen molar-refractivity contribution in [1.29, 1.82) is 0 Å². The molecule has 0 aliphatic carbocycles. The zero-order valence-corrected chi connectivity index (χ0v) is 12.1. The van der Waals surface area contributed by atoms with Gasteiger partial charge in [0.1, 0.15) is 0 Å². The summed E-state index contributed by atoms with van der Waals surface area (Å²) in [6.45, 7) is 4.22. The number of hydrogen-bond acceptors (Lipinski definition) is 3. The molecule has 3 nitrogen and oxygen atoms in total. The van der Waals surface area contributed by atoms with Crippen molar-refractivity contribution in [2.75, 3.05) is 26.2 Å². The second kappa shape index (κ2) is 7.24. The van der Waals surface area contributed by atoms with E-state index in [4.69, 9.17) is 10.5 Å². The molecule has 2 unspecified atom stereocenters. The van der Waals surface area contributed by atoms with Crippen LogP contribution in [0, 0.1) is 17.5 Å². The molecule has 0 amide bonds. The fourth-order valence-corrected chi connectivity index (χ4v) is 2.79. The minimum Gasteiger partial charge on any atom is -0.377 e. The molecule has 118 valence electrons. The van der Waals surface area contributed by atoms with Crippen LogP contribution in [-0.4, -0.2) is 37.2 Å². The van der Waals surface area contributed by atoms with Crippen LogP contribution in [0.15, 0.2) is 12.1 Å². The highest BCUT2D eigenvalue weighted by Gasteiger charge is 2.25. The third kappa shape index (κ3) is 3.75. The van der Waals surface area contributed by atoms with Gasteiger partial charge in [-0.3, -0.25) is 4.90 Å². The lowest BCUT2D eigenvalue weighted by Crippen LogP contribution is -2.38. The molecule has 0 saturated carbocycles. The van der Waals surface area contributed by atoms with Gasteiger partial charge < -0.3 is 10.5 Å². The summed E-state index contributed by atoms with van der Waals surface area (Å²) in [6, 6.07) is 1.69. The van der Waals surface area contributed by atoms with Gasteiger partial charge in [-0.15, -0.1) is 0 Å². The number of nitrogens with zero attached hydrogens (tertiary/aromatic N) is 1. The number of ether oxygens (including phenoxy) is 1. The maximum absolute atomic E-state index is 13.4. The number of halogens is 3. The quantitative estimate of drug-likeness (QED) is 0.821. The van der Waals surface area contributed by atoms with Crippen LogP contribution in [0.1, 0.15) is 31.4 Å². The van der Waals surface area contributed by atoms with Crippen LogP contribution in [0.5, 0.6) is 0 Å². The fraction of sp³-hybridized carbons (Fsp3) is 0.600. The predicted molar refractivity (Wildman–Crippen MR) is 74.3 cm³/mol. The van der Waals surface area contributed by atoms with Gasteiger partial charge in [-0.1, -0.05) is 6.92 Å². The molecular weight excluding hydrogens is 281 g/mol. The fourth-order valence-electron chi connectivity index (χ4n) is 2.79. The van der Waals surface area contributed by atoms with Gasteiger partial charge in [0, 0.05) is 25.7 Å². The van der Waals surface area contributed by atoms with E-state index in [1.54, 1.807) is 0 Å². The summed E-state index contributed by atoms with van der Waals surface area (Å²) in [7, 11) is 0. The highest BCUT2D eigenvalue weighted by Crippen LogP contribution is 2.25. The molecule has 2 rings (SSSR count). The first-order valence-corrected chi connectivity index (χ1v) is 7.27. The van der Waals surface area contributed by atoms with Gasteiger partial charge in [0.15, 0.2) is 17.5 Å². The van der Waals surface area contributed by atoms with Gasteiger partial charge in [0.25, 0.3) is 0 Å². The van der Waals surface area contributed by atoms with Crippen LogP contribution in [0.4, 0.5) is 13.2 Å². The lowest BCUT2D eigenvalue weighted by atomic mass is 10.0. The van der Waals surface area contributed by atoms with Gasteiger partial charge in [-0.05, 0) is 37.1 Å². The summed E-state index contributed by atoms with van der Waals surface area (Å²) in [5, 5.41) is 0. The largest absolute Gasteiger partial charge is 0.377 e. The number of nitrogens with two attached hydrogens (primary N) is 1. The standard InChI is InChI=1S/C15H21F3N2O/c1-2-20(9-11-4-3-5-21-11)14(8-19)10-6-12(16)15(18)13(17)7-10/h6-7,11,14H,2-5,8-9,19H2,1H3. The van der Waals surface area contributed by atoms with Crippen LogP contribution in [0.3, 0.4) is 0 Å². The lowest BCUT2D eigenvalue weighted by molar-refractivity contribution is 0.0600. The van der Waals surface area contributed by atoms with E-state index in [2.05, 4.69) is 0 Å². The molecule has 1 saturated heterocycles. The van der Waals surface area contributed by atoms with Crippen molar-refractivity contribution in [3.63, 3.8) is 0 Å². The van der Waals surface area contributed by atoms with Crippen molar-refractivity contribution >= 4 is 0 Å². The highest BCUT2D eigenvalue weighted by atomic mass is 19.2. The van der Waals surface area contributed by atoms with E-state index in [1.165, 1.54) is 0 Å². The summed E-state index contributed by atoms with van der Waals surface area (Å²) in [5.74, 6) is -3.81. The molecule has 1 aliphatic rings. The Kier molecular flexibility index (Phi) is 5.61. The third-order valence-electron chi connectivity index (χ3n) is 3.92. The van der Waals surface area contributed by atoms with Crippen LogP contribution < -0.4 is 5.73 Å². The van der Waals surface area contributed by atoms with Gasteiger partial charge >= 0.3 is 0 Å². The molecule has 0 aromatic heterocycles. The van der Waals surface area contributed by atoms with Crippen LogP contribution in [-0.2, 0) is 4.74 Å². The summed E-state index contributed by atoms with van der Waals surface area (Å²) in [6.07, 6.45) is 2.11. The maximum Gasteiger partial charge on any atom is 0.194 e. The van der Waals surface area contributed by atoms with Crippen molar-refractivity contribution in [2.45, 2.75) is 31.9 Å². The molecule has 1 fully saturated rings. The second-order valence-electron chi connectivity index (χ2n) is 5.27. The smallest absolute Gasteiger partial charge is 0.194 e. The molecule has 1 aromatic rings. The average molecular weight is 302 g/mol. The monoisotopic (exact) mass is 302 g/mol. The van der Waals surface area contributed by atoms with Gasteiger partial charge in [0.2, 0.25) is 0 Å². The maximum atomic E-state index is 13.4. The normalized spacial score (nSPS) is 20.2. The Balaban J connectivity index is 2.19. The molecule has 0 bridgehead atoms. The molecule has 0 spiro atoms. The van der Waals surface area contributed by atoms with Crippen molar-refractivity contribution in [1.82, 2.24) is 4.90 Å². The summed E-state index contributed by atoms with van der Waals surface area (Å²) < 4.78 is 45.5. The SMILES string of the molecule is CCN(CC1CCCO1)C(CN)c1cc(F)c(F)c(F)c1. The van der Waals surface area contributed by atoms with Crippen LogP contribution in [0.2, 0.25) is 0 Å². The van der Waals surface area contributed by atoms with E-state index < -0.39 is 17.5 Å². The van der Waals surface area contributed by atoms with Crippen molar-refractivity contribution in [2.24, 2.45) is 5.73 Å². The van der Waals surface area contributed by atoms with Crippen LogP contribution >= 0.6 is 0 Å². The first-order chi connectivity index (χ1) is 10.1. The zero-order valence-electron chi connectivity index (χ0n) is 12.1. The van der Waals surface area contributed by atoms with Crippen LogP contribution in [0.25, 0.3) is 0 Å². The number of likely N-dealkylation sites (N-methyl/N-ethyl adjacent to an activating group) is 1. The molecule has 0 radical (unpaired) electrons. The molecule has 1 aliphatic heterocycles. The van der Waals surface area contributed by atoms with Gasteiger partial charge in [0.05, 0.1) is 6.10 Å². The zero-order chi connectivity index (χ0) is 15.4. The van der Waals surface area contributed by atoms with E-state index in [-0.39, 0.29) is 18.7 Å². The minimum absolute atomic E-state index is 0.120. The molecule has 1 aromatic carbocycles. The molecule has 2 atom stereocenters. The van der Waals surface area contributed by atoms with E-state index >= 15 is 0 Å². The summed E-state index contributed by atoms with van der Waals surface area (Å²) in [5.41, 5.74) is 6.13. The minimum atomic E-state index is -1.45. The topological polar surface area (TPSA) is 38.5 Å². The van der Waals surface area contributed by atoms with Crippen molar-refractivity contribution in [3.05, 3.63) is 35.1 Å². The molecule has 1 heterocycles. The first-order valence-electron chi connectivity index (χ1n) is 7.27. The number of rotatable bonds is 6. The second-order valence-corrected chi connectivity index (χ2v) is 5.27. The predicted octanol–water partition coefficient (Wildman–Crippen LogP) is 2.60. The van der Waals surface area contributed by atoms with E-state index in [0.29, 0.717) is 18.7 Å². The third-order valence-corrected chi connectivity index (χ3v) is 3.92. The molecular formula is C15H21F3N2O. The Morgan fingerprint density at radius 2 is 2.00 bits per heavy atom. The van der Waals surface area contributed by atoms with E-state index in [1.807, 2.05) is 11.8 Å². The Morgan fingerprint density at radius 1 is 1.33 bits per heavy atom. The molecule has 6 heteroatoms. The summed E-state index contributed by atoms with van der Waals surface area (Å²) in [4.78, 5) is 2.02. The number of hydrogen-bond donors (Lipinski definition) is 1. The molecule has 21 heavy (non-hydrogen) atoms. The lowest BCUT2D eigenvalue weighted by Gasteiger charge is -2.32. The van der Waals surface area contributed by atoms with Crippen molar-refractivity contribution in [3.8, 4) is 0 Å². The first kappa shape index (κ1) is 16.3. The Bertz CT molecular complexity index is 455. The summed E-state index contributed by atoms with van der Waals surface area (Å²) >= 11 is 0. The van der Waals surface area contributed by atoms with Gasteiger partial charge in [-0.25, -0.2) is 13.2 Å². The average Bonchev–Trinajstić information content (AvgIpc) is 2.97. The van der Waals surface area contributed by atoms with Crippen molar-refractivity contribution < 1.29 is 17.9 Å². The van der Waals surface area contributed by atoms with E-state index in [0.717, 1.165) is 31.6 Å².